The van der Waals surface area contributed by atoms with Crippen LogP contribution >= 0.6 is 24.0 Å². The fraction of sp³-hybridized carbons (Fsp3) is 0.300. The number of nitrogens with one attached hydrogen (secondary N) is 2. The summed E-state index contributed by atoms with van der Waals surface area (Å²) in [6, 6.07) is 15.1. The van der Waals surface area contributed by atoms with Gasteiger partial charge < -0.3 is 21.1 Å². The maximum absolute atomic E-state index is 12.0. The molecule has 2 aromatic carbocycles. The molecule has 7 heteroatoms. The average molecular weight is 482 g/mol. The monoisotopic (exact) mass is 482 g/mol. The van der Waals surface area contributed by atoms with Crippen molar-refractivity contribution in [2.45, 2.75) is 26.8 Å². The molecule has 146 valence electrons. The molecule has 0 aliphatic rings. The van der Waals surface area contributed by atoms with E-state index in [0.717, 1.165) is 23.4 Å². The van der Waals surface area contributed by atoms with Gasteiger partial charge >= 0.3 is 0 Å². The number of halogens is 1. The Hall–Kier alpha value is -2.29. The SMILES string of the molecule is CCC(C)C(=O)Nc1cccc(CN=C(N)Nc2ccccc2OC)c1.I. The van der Waals surface area contributed by atoms with Crippen molar-refractivity contribution in [1.29, 1.82) is 0 Å². The Bertz CT molecular complexity index is 780. The summed E-state index contributed by atoms with van der Waals surface area (Å²) >= 11 is 0. The standard InChI is InChI=1S/C20H26N4O2.HI/c1-4-14(2)19(25)23-16-9-7-8-15(12-16)13-22-20(21)24-17-10-5-6-11-18(17)26-3;/h5-12,14H,4,13H2,1-3H3,(H,23,25)(H3,21,22,24);1H. The minimum Gasteiger partial charge on any atom is -0.495 e. The molecular formula is C20H27IN4O2. The molecule has 2 rings (SSSR count). The van der Waals surface area contributed by atoms with Crippen molar-refractivity contribution in [3.8, 4) is 5.75 Å². The van der Waals surface area contributed by atoms with Crippen LogP contribution in [0.2, 0.25) is 0 Å². The summed E-state index contributed by atoms with van der Waals surface area (Å²) in [4.78, 5) is 16.4. The summed E-state index contributed by atoms with van der Waals surface area (Å²) < 4.78 is 5.28. The molecule has 0 fully saturated rings. The summed E-state index contributed by atoms with van der Waals surface area (Å²) in [5, 5.41) is 5.96. The number of benzene rings is 2. The van der Waals surface area contributed by atoms with Crippen LogP contribution in [0.3, 0.4) is 0 Å². The Morgan fingerprint density at radius 2 is 1.93 bits per heavy atom. The van der Waals surface area contributed by atoms with E-state index in [1.165, 1.54) is 0 Å². The number of amides is 1. The molecule has 27 heavy (non-hydrogen) atoms. The Morgan fingerprint density at radius 3 is 2.63 bits per heavy atom. The van der Waals surface area contributed by atoms with Crippen LogP contribution in [-0.2, 0) is 11.3 Å². The van der Waals surface area contributed by atoms with Crippen LogP contribution in [0.5, 0.6) is 5.75 Å². The second kappa shape index (κ2) is 11.4. The Kier molecular flexibility index (Phi) is 9.63. The van der Waals surface area contributed by atoms with Gasteiger partial charge in [-0.3, -0.25) is 4.79 Å². The number of hydrogen-bond donors (Lipinski definition) is 3. The third-order valence-electron chi connectivity index (χ3n) is 4.06. The van der Waals surface area contributed by atoms with E-state index >= 15 is 0 Å². The summed E-state index contributed by atoms with van der Waals surface area (Å²) in [6.07, 6.45) is 0.807. The third-order valence-corrected chi connectivity index (χ3v) is 4.06. The molecule has 0 aliphatic heterocycles. The van der Waals surface area contributed by atoms with Crippen LogP contribution in [0, 0.1) is 5.92 Å². The number of hydrogen-bond acceptors (Lipinski definition) is 3. The van der Waals surface area contributed by atoms with Gasteiger partial charge in [0.25, 0.3) is 0 Å². The number of methoxy groups -OCH3 is 1. The first-order valence-corrected chi connectivity index (χ1v) is 8.63. The third kappa shape index (κ3) is 7.09. The number of carbonyl (C=O) groups excluding carboxylic acids is 1. The lowest BCUT2D eigenvalue weighted by Gasteiger charge is -2.11. The van der Waals surface area contributed by atoms with E-state index in [1.54, 1.807) is 7.11 Å². The molecular weight excluding hydrogens is 455 g/mol. The number of aliphatic imine (C=N–C) groups is 1. The lowest BCUT2D eigenvalue weighted by molar-refractivity contribution is -0.119. The highest BCUT2D eigenvalue weighted by molar-refractivity contribution is 14.0. The molecule has 0 radical (unpaired) electrons. The normalized spacial score (nSPS) is 11.9. The number of nitrogens with zero attached hydrogens (tertiary/aromatic N) is 1. The number of guanidine groups is 1. The van der Waals surface area contributed by atoms with E-state index < -0.39 is 0 Å². The number of para-hydroxylation sites is 2. The minimum atomic E-state index is -0.0163. The first-order valence-electron chi connectivity index (χ1n) is 8.63. The second-order valence-corrected chi connectivity index (χ2v) is 6.03. The highest BCUT2D eigenvalue weighted by atomic mass is 127. The van der Waals surface area contributed by atoms with Crippen LogP contribution in [-0.4, -0.2) is 19.0 Å². The topological polar surface area (TPSA) is 88.7 Å². The maximum Gasteiger partial charge on any atom is 0.227 e. The molecule has 0 bridgehead atoms. The molecule has 0 aromatic heterocycles. The summed E-state index contributed by atoms with van der Waals surface area (Å²) in [5.74, 6) is 0.992. The van der Waals surface area contributed by atoms with Crippen molar-refractivity contribution in [2.24, 2.45) is 16.6 Å². The lowest BCUT2D eigenvalue weighted by atomic mass is 10.1. The summed E-state index contributed by atoms with van der Waals surface area (Å²) in [6.45, 7) is 4.31. The van der Waals surface area contributed by atoms with Gasteiger partial charge in [-0.1, -0.05) is 38.1 Å². The van der Waals surface area contributed by atoms with Crippen LogP contribution in [0.4, 0.5) is 11.4 Å². The number of ether oxygens (including phenoxy) is 1. The van der Waals surface area contributed by atoms with Crippen molar-refractivity contribution in [3.05, 3.63) is 54.1 Å². The van der Waals surface area contributed by atoms with Crippen molar-refractivity contribution in [1.82, 2.24) is 0 Å². The molecule has 0 saturated carbocycles. The van der Waals surface area contributed by atoms with Crippen LogP contribution < -0.4 is 21.1 Å². The quantitative estimate of drug-likeness (QED) is 0.313. The zero-order valence-electron chi connectivity index (χ0n) is 15.9. The second-order valence-electron chi connectivity index (χ2n) is 6.03. The number of rotatable bonds is 7. The minimum absolute atomic E-state index is 0. The molecule has 1 unspecified atom stereocenters. The van der Waals surface area contributed by atoms with E-state index in [1.807, 2.05) is 62.4 Å². The van der Waals surface area contributed by atoms with Gasteiger partial charge in [0.05, 0.1) is 19.3 Å². The molecule has 0 aliphatic carbocycles. The molecule has 0 spiro atoms. The van der Waals surface area contributed by atoms with Crippen molar-refractivity contribution in [3.63, 3.8) is 0 Å². The zero-order chi connectivity index (χ0) is 18.9. The van der Waals surface area contributed by atoms with Crippen LogP contribution in [0.25, 0.3) is 0 Å². The molecule has 2 aromatic rings. The predicted molar refractivity (Wildman–Crippen MR) is 122 cm³/mol. The smallest absolute Gasteiger partial charge is 0.227 e. The van der Waals surface area contributed by atoms with E-state index in [-0.39, 0.29) is 35.8 Å². The van der Waals surface area contributed by atoms with Crippen molar-refractivity contribution >= 4 is 47.2 Å². The van der Waals surface area contributed by atoms with Gasteiger partial charge in [-0.2, -0.15) is 0 Å². The lowest BCUT2D eigenvalue weighted by Crippen LogP contribution is -2.23. The van der Waals surface area contributed by atoms with Gasteiger partial charge in [-0.25, -0.2) is 4.99 Å². The van der Waals surface area contributed by atoms with Gasteiger partial charge in [0.2, 0.25) is 5.91 Å². The molecule has 1 amide bonds. The number of carbonyl (C=O) groups is 1. The molecule has 0 heterocycles. The number of nitrogens with two attached hydrogens (primary N) is 1. The van der Waals surface area contributed by atoms with Crippen molar-refractivity contribution in [2.75, 3.05) is 17.7 Å². The largest absolute Gasteiger partial charge is 0.495 e. The van der Waals surface area contributed by atoms with Gasteiger partial charge in [0, 0.05) is 11.6 Å². The Balaban J connectivity index is 0.00000364. The molecule has 6 nitrogen and oxygen atoms in total. The van der Waals surface area contributed by atoms with Gasteiger partial charge in [-0.15, -0.1) is 24.0 Å². The fourth-order valence-electron chi connectivity index (χ4n) is 2.30. The highest BCUT2D eigenvalue weighted by Crippen LogP contribution is 2.22. The zero-order valence-corrected chi connectivity index (χ0v) is 18.2. The highest BCUT2D eigenvalue weighted by Gasteiger charge is 2.10. The first-order chi connectivity index (χ1) is 12.5. The van der Waals surface area contributed by atoms with Gasteiger partial charge in [0.1, 0.15) is 5.75 Å². The maximum atomic E-state index is 12.0. The van der Waals surface area contributed by atoms with Crippen LogP contribution in [0.15, 0.2) is 53.5 Å². The van der Waals surface area contributed by atoms with Gasteiger partial charge in [-0.05, 0) is 36.2 Å². The van der Waals surface area contributed by atoms with Crippen molar-refractivity contribution < 1.29 is 9.53 Å². The van der Waals surface area contributed by atoms with Gasteiger partial charge in [0.15, 0.2) is 5.96 Å². The van der Waals surface area contributed by atoms with E-state index in [2.05, 4.69) is 15.6 Å². The molecule has 4 N–H and O–H groups in total. The first kappa shape index (κ1) is 22.8. The predicted octanol–water partition coefficient (Wildman–Crippen LogP) is 4.22. The summed E-state index contributed by atoms with van der Waals surface area (Å²) in [7, 11) is 1.60. The van der Waals surface area contributed by atoms with E-state index in [4.69, 9.17) is 10.5 Å². The average Bonchev–Trinajstić information content (AvgIpc) is 2.66. The van der Waals surface area contributed by atoms with Crippen LogP contribution in [0.1, 0.15) is 25.8 Å². The Morgan fingerprint density at radius 1 is 1.19 bits per heavy atom. The number of anilines is 2. The molecule has 1 atom stereocenters. The van der Waals surface area contributed by atoms with E-state index in [0.29, 0.717) is 18.3 Å². The summed E-state index contributed by atoms with van der Waals surface area (Å²) in [5.41, 5.74) is 8.44. The fourth-order valence-corrected chi connectivity index (χ4v) is 2.30. The van der Waals surface area contributed by atoms with E-state index in [9.17, 15) is 4.79 Å². The Labute approximate surface area is 177 Å². The molecule has 0 saturated heterocycles.